The van der Waals surface area contributed by atoms with E-state index in [0.717, 1.165) is 0 Å². The Bertz CT molecular complexity index is 368. The van der Waals surface area contributed by atoms with Gasteiger partial charge in [-0.15, -0.1) is 0 Å². The Morgan fingerprint density at radius 3 is 1.04 bits per heavy atom. The van der Waals surface area contributed by atoms with E-state index in [4.69, 9.17) is 0 Å². The van der Waals surface area contributed by atoms with E-state index < -0.39 is 0 Å². The Morgan fingerprint density at radius 2 is 0.821 bits per heavy atom. The van der Waals surface area contributed by atoms with Crippen LogP contribution >= 0.6 is 7.92 Å². The van der Waals surface area contributed by atoms with Crippen molar-refractivity contribution < 1.29 is 20.1 Å². The van der Waals surface area contributed by atoms with Crippen LogP contribution in [0.1, 0.15) is 96.3 Å². The van der Waals surface area contributed by atoms with E-state index in [1.807, 2.05) is 18.2 Å². The molecule has 0 aromatic carbocycles. The van der Waals surface area contributed by atoms with Crippen LogP contribution in [0.4, 0.5) is 0 Å². The molecule has 3 aliphatic rings. The van der Waals surface area contributed by atoms with Crippen molar-refractivity contribution in [3.8, 4) is 0 Å². The van der Waals surface area contributed by atoms with Gasteiger partial charge in [-0.3, -0.25) is 4.98 Å². The number of rotatable bonds is 3. The Labute approximate surface area is 191 Å². The van der Waals surface area contributed by atoms with Crippen molar-refractivity contribution in [3.63, 3.8) is 0 Å². The van der Waals surface area contributed by atoms with E-state index in [1.165, 1.54) is 17.0 Å². The first-order valence-electron chi connectivity index (χ1n) is 11.2. The number of hydrogen-bond acceptors (Lipinski definition) is 1. The molecule has 0 saturated heterocycles. The largest absolute Gasteiger partial charge is 0.358 e. The van der Waals surface area contributed by atoms with Crippen molar-refractivity contribution in [2.45, 2.75) is 113 Å². The molecular weight excluding hydrogens is 537 g/mol. The molecule has 3 fully saturated rings. The van der Waals surface area contributed by atoms with E-state index in [1.54, 1.807) is 109 Å². The maximum Gasteiger partial charge on any atom is 0.0680 e. The van der Waals surface area contributed by atoms with Gasteiger partial charge in [0.05, 0.1) is 17.0 Å². The predicted octanol–water partition coefficient (Wildman–Crippen LogP) is 8.18. The third-order valence-corrected chi connectivity index (χ3v) is 11.4. The average Bonchev–Trinajstić information content (AvgIpc) is 2.72. The molecule has 0 spiro atoms. The molecule has 0 amide bonds. The summed E-state index contributed by atoms with van der Waals surface area (Å²) in [5, 5.41) is 0. The summed E-state index contributed by atoms with van der Waals surface area (Å²) >= 11 is 0. The summed E-state index contributed by atoms with van der Waals surface area (Å²) in [5.74, 6) is 0. The fourth-order valence-corrected chi connectivity index (χ4v) is 10.8. The van der Waals surface area contributed by atoms with Gasteiger partial charge in [0, 0.05) is 40.4 Å². The SMILES string of the molecule is C1CCC([PH+](C2CCCCC2)C2CCCCC2)CC1.[CH3-].[CH3-].[Ir].c1ccncc1. The molecule has 0 unspecified atom stereocenters. The second-order valence-electron chi connectivity index (χ2n) is 8.53. The Hall–Kier alpha value is 0.229. The first-order chi connectivity index (χ1) is 12.4. The van der Waals surface area contributed by atoms with Crippen LogP contribution in [0.5, 0.6) is 0 Å². The Kier molecular flexibility index (Phi) is 17.1. The van der Waals surface area contributed by atoms with Gasteiger partial charge in [-0.1, -0.05) is 25.3 Å². The van der Waals surface area contributed by atoms with Crippen LogP contribution in [0.3, 0.4) is 0 Å². The maximum atomic E-state index is 3.78. The molecule has 1 heterocycles. The van der Waals surface area contributed by atoms with E-state index in [9.17, 15) is 0 Å². The quantitative estimate of drug-likeness (QED) is 0.259. The monoisotopic (exact) mass is 583 g/mol. The Morgan fingerprint density at radius 1 is 0.500 bits per heavy atom. The van der Waals surface area contributed by atoms with Gasteiger partial charge in [0.25, 0.3) is 0 Å². The van der Waals surface area contributed by atoms with Gasteiger partial charge in [0.15, 0.2) is 0 Å². The van der Waals surface area contributed by atoms with Gasteiger partial charge >= 0.3 is 0 Å². The smallest absolute Gasteiger partial charge is 0.0680 e. The summed E-state index contributed by atoms with van der Waals surface area (Å²) in [6.45, 7) is 0. The molecule has 165 valence electrons. The topological polar surface area (TPSA) is 12.9 Å². The minimum absolute atomic E-state index is 0. The second-order valence-corrected chi connectivity index (χ2v) is 12.0. The summed E-state index contributed by atoms with van der Waals surface area (Å²) < 4.78 is 0. The van der Waals surface area contributed by atoms with Crippen LogP contribution in [-0.2, 0) is 20.1 Å². The molecule has 1 radical (unpaired) electrons. The first kappa shape index (κ1) is 28.2. The van der Waals surface area contributed by atoms with E-state index >= 15 is 0 Å². The first-order valence-corrected chi connectivity index (χ1v) is 12.9. The average molecular weight is 583 g/mol. The van der Waals surface area contributed by atoms with Crippen molar-refractivity contribution in [3.05, 3.63) is 45.4 Å². The molecule has 28 heavy (non-hydrogen) atoms. The van der Waals surface area contributed by atoms with Crippen LogP contribution < -0.4 is 0 Å². The summed E-state index contributed by atoms with van der Waals surface area (Å²) in [6, 6.07) is 5.72. The minimum Gasteiger partial charge on any atom is -0.358 e. The molecule has 0 bridgehead atoms. The molecule has 1 aromatic heterocycles. The van der Waals surface area contributed by atoms with Gasteiger partial charge in [0.1, 0.15) is 0 Å². The summed E-state index contributed by atoms with van der Waals surface area (Å²) in [4.78, 5) is 3.78. The zero-order chi connectivity index (χ0) is 17.2. The fraction of sp³-hybridized carbons (Fsp3) is 0.720. The van der Waals surface area contributed by atoms with Crippen LogP contribution in [0, 0.1) is 14.9 Å². The molecule has 0 N–H and O–H groups in total. The van der Waals surface area contributed by atoms with Crippen molar-refractivity contribution in [1.82, 2.24) is 4.98 Å². The number of hydrogen-bond donors (Lipinski definition) is 0. The van der Waals surface area contributed by atoms with Gasteiger partial charge in [-0.25, -0.2) is 0 Å². The van der Waals surface area contributed by atoms with E-state index in [2.05, 4.69) is 4.98 Å². The molecule has 3 aliphatic carbocycles. The molecular formula is C25H45IrNP-. The summed E-state index contributed by atoms with van der Waals surface area (Å²) in [7, 11) is -0.0465. The summed E-state index contributed by atoms with van der Waals surface area (Å²) in [6.07, 6.45) is 27.3. The van der Waals surface area contributed by atoms with Crippen LogP contribution in [0.15, 0.2) is 30.6 Å². The van der Waals surface area contributed by atoms with Gasteiger partial charge in [0.2, 0.25) is 0 Å². The molecule has 3 saturated carbocycles. The summed E-state index contributed by atoms with van der Waals surface area (Å²) in [5.41, 5.74) is 3.68. The Balaban J connectivity index is 0.000000704. The zero-order valence-electron chi connectivity index (χ0n) is 18.5. The molecule has 1 nitrogen and oxygen atoms in total. The van der Waals surface area contributed by atoms with Crippen LogP contribution in [0.2, 0.25) is 0 Å². The van der Waals surface area contributed by atoms with Crippen LogP contribution in [-0.4, -0.2) is 22.0 Å². The molecule has 3 heteroatoms. The number of aromatic nitrogens is 1. The third kappa shape index (κ3) is 9.36. The van der Waals surface area contributed by atoms with Gasteiger partial charge in [-0.05, 0) is 89.2 Å². The van der Waals surface area contributed by atoms with Crippen LogP contribution in [0.25, 0.3) is 0 Å². The fourth-order valence-electron chi connectivity index (χ4n) is 5.62. The molecule has 0 atom stereocenters. The zero-order valence-corrected chi connectivity index (χ0v) is 21.9. The van der Waals surface area contributed by atoms with Crippen molar-refractivity contribution in [1.29, 1.82) is 0 Å². The normalized spacial score (nSPS) is 21.3. The molecule has 0 aliphatic heterocycles. The predicted molar refractivity (Wildman–Crippen MR) is 126 cm³/mol. The molecule has 1 aromatic rings. The van der Waals surface area contributed by atoms with E-state index in [0.29, 0.717) is 0 Å². The second kappa shape index (κ2) is 17.0. The van der Waals surface area contributed by atoms with E-state index in [-0.39, 0.29) is 42.9 Å². The third-order valence-electron chi connectivity index (χ3n) is 6.80. The van der Waals surface area contributed by atoms with Crippen molar-refractivity contribution >= 4 is 7.92 Å². The maximum absolute atomic E-state index is 3.78. The minimum atomic E-state index is -0.0465. The standard InChI is InChI=1S/C18H33P.C5H5N.2CH3.Ir/c1-4-10-16(11-5-1)19(17-12-6-2-7-13-17)18-14-8-3-9-15-18;1-2-4-6-5-3-1;;;/h16-18H,1-15H2;1-5H;2*1H3;/q;;2*-1;/p+1. The number of pyridine rings is 1. The number of nitrogens with zero attached hydrogens (tertiary/aromatic N) is 1. The van der Waals surface area contributed by atoms with Crippen molar-refractivity contribution in [2.75, 3.05) is 0 Å². The van der Waals surface area contributed by atoms with Crippen molar-refractivity contribution in [2.24, 2.45) is 0 Å². The van der Waals surface area contributed by atoms with Gasteiger partial charge in [-0.2, -0.15) is 0 Å². The molecule has 4 rings (SSSR count). The van der Waals surface area contributed by atoms with Gasteiger partial charge < -0.3 is 14.9 Å².